The van der Waals surface area contributed by atoms with Crippen molar-refractivity contribution in [2.24, 2.45) is 0 Å². The number of para-hydroxylation sites is 1. The Morgan fingerprint density at radius 1 is 1.22 bits per heavy atom. The third kappa shape index (κ3) is 3.22. The molecule has 0 saturated heterocycles. The molecule has 1 amide bonds. The van der Waals surface area contributed by atoms with Gasteiger partial charge in [-0.2, -0.15) is 0 Å². The molecule has 0 bridgehead atoms. The lowest BCUT2D eigenvalue weighted by Gasteiger charge is -2.09. The van der Waals surface area contributed by atoms with Crippen molar-refractivity contribution < 1.29 is 13.6 Å². The van der Waals surface area contributed by atoms with Crippen LogP contribution in [0.1, 0.15) is 10.5 Å². The number of nitrogens with zero attached hydrogens (tertiary/aromatic N) is 1. The van der Waals surface area contributed by atoms with E-state index in [4.69, 9.17) is 16.0 Å². The van der Waals surface area contributed by atoms with Crippen LogP contribution in [-0.4, -0.2) is 10.9 Å². The van der Waals surface area contributed by atoms with Gasteiger partial charge in [0.2, 0.25) is 0 Å². The molecule has 8 heteroatoms. The number of carbonyl (C=O) groups is 1. The number of nitrogens with one attached hydrogen (secondary N) is 1. The highest BCUT2D eigenvalue weighted by Gasteiger charge is 2.16. The number of anilines is 1. The van der Waals surface area contributed by atoms with Crippen molar-refractivity contribution in [1.82, 2.24) is 4.98 Å². The van der Waals surface area contributed by atoms with Crippen LogP contribution < -0.4 is 10.7 Å². The zero-order valence-corrected chi connectivity index (χ0v) is 15.1. The van der Waals surface area contributed by atoms with E-state index in [1.807, 2.05) is 0 Å². The largest absolute Gasteiger partial charge is 0.454 e. The van der Waals surface area contributed by atoms with Gasteiger partial charge in [0.15, 0.2) is 11.0 Å². The summed E-state index contributed by atoms with van der Waals surface area (Å²) in [5.74, 6) is -0.949. The second-order valence-corrected chi connectivity index (χ2v) is 6.68. The molecule has 0 aliphatic heterocycles. The van der Waals surface area contributed by atoms with Crippen LogP contribution >= 0.6 is 22.9 Å². The standard InChI is InChI=1S/C19H10ClFN2O3S/c20-17-11(4-1-5-12(17)21)16-7-15(24)10-3-2-6-13(18(10)26-16)23-19(25)14-8-27-9-22-14/h1-9H,(H,23,25). The smallest absolute Gasteiger partial charge is 0.275 e. The summed E-state index contributed by atoms with van der Waals surface area (Å²) in [6, 6.07) is 10.3. The van der Waals surface area contributed by atoms with Crippen LogP contribution in [0, 0.1) is 5.82 Å². The molecule has 2 heterocycles. The first-order chi connectivity index (χ1) is 13.0. The average molecular weight is 401 g/mol. The highest BCUT2D eigenvalue weighted by molar-refractivity contribution is 7.07. The molecular formula is C19H10ClFN2O3S. The lowest BCUT2D eigenvalue weighted by atomic mass is 10.1. The third-order valence-electron chi connectivity index (χ3n) is 3.88. The normalized spacial score (nSPS) is 10.9. The maximum atomic E-state index is 13.8. The fourth-order valence-electron chi connectivity index (χ4n) is 2.61. The number of rotatable bonds is 3. The van der Waals surface area contributed by atoms with E-state index in [0.717, 1.165) is 0 Å². The summed E-state index contributed by atoms with van der Waals surface area (Å²) in [5, 5.41) is 4.42. The molecule has 5 nitrogen and oxygen atoms in total. The first kappa shape index (κ1) is 17.4. The Labute approximate surface area is 161 Å². The van der Waals surface area contributed by atoms with Crippen LogP contribution in [0.25, 0.3) is 22.3 Å². The number of aromatic nitrogens is 1. The molecule has 2 aromatic carbocycles. The second kappa shape index (κ2) is 6.94. The van der Waals surface area contributed by atoms with E-state index >= 15 is 0 Å². The van der Waals surface area contributed by atoms with Crippen molar-refractivity contribution in [3.63, 3.8) is 0 Å². The third-order valence-corrected chi connectivity index (χ3v) is 4.86. The molecule has 0 fully saturated rings. The number of fused-ring (bicyclic) bond motifs is 1. The van der Waals surface area contributed by atoms with Gasteiger partial charge in [-0.15, -0.1) is 11.3 Å². The molecule has 0 aliphatic rings. The Kier molecular flexibility index (Phi) is 4.47. The van der Waals surface area contributed by atoms with Crippen molar-refractivity contribution >= 4 is 45.5 Å². The molecule has 2 aromatic heterocycles. The van der Waals surface area contributed by atoms with Gasteiger partial charge in [-0.3, -0.25) is 9.59 Å². The predicted octanol–water partition coefficient (Wildman–Crippen LogP) is 4.96. The van der Waals surface area contributed by atoms with E-state index in [-0.39, 0.29) is 38.4 Å². The molecule has 4 aromatic rings. The Morgan fingerprint density at radius 3 is 2.81 bits per heavy atom. The fourth-order valence-corrected chi connectivity index (χ4v) is 3.36. The van der Waals surface area contributed by atoms with Crippen LogP contribution in [0.3, 0.4) is 0 Å². The minimum Gasteiger partial charge on any atom is -0.454 e. The maximum absolute atomic E-state index is 13.8. The lowest BCUT2D eigenvalue weighted by molar-refractivity contribution is 0.102. The summed E-state index contributed by atoms with van der Waals surface area (Å²) in [6.45, 7) is 0. The molecule has 0 spiro atoms. The van der Waals surface area contributed by atoms with Gasteiger partial charge in [-0.1, -0.05) is 23.7 Å². The van der Waals surface area contributed by atoms with Crippen LogP contribution in [-0.2, 0) is 0 Å². The van der Waals surface area contributed by atoms with Crippen molar-refractivity contribution in [2.45, 2.75) is 0 Å². The Bertz CT molecular complexity index is 1220. The molecule has 134 valence electrons. The molecular weight excluding hydrogens is 391 g/mol. The number of benzene rings is 2. The highest BCUT2D eigenvalue weighted by atomic mass is 35.5. The molecule has 4 rings (SSSR count). The zero-order valence-electron chi connectivity index (χ0n) is 13.5. The number of carbonyl (C=O) groups excluding carboxylic acids is 1. The zero-order chi connectivity index (χ0) is 19.0. The first-order valence-electron chi connectivity index (χ1n) is 7.75. The Balaban J connectivity index is 1.87. The van der Waals surface area contributed by atoms with Crippen LogP contribution in [0.4, 0.5) is 10.1 Å². The van der Waals surface area contributed by atoms with E-state index in [0.29, 0.717) is 5.69 Å². The number of amides is 1. The lowest BCUT2D eigenvalue weighted by Crippen LogP contribution is -2.13. The van der Waals surface area contributed by atoms with E-state index in [1.54, 1.807) is 35.2 Å². The summed E-state index contributed by atoms with van der Waals surface area (Å²) in [7, 11) is 0. The van der Waals surface area contributed by atoms with Crippen molar-refractivity contribution in [2.75, 3.05) is 5.32 Å². The number of halogens is 2. The van der Waals surface area contributed by atoms with E-state index in [1.165, 1.54) is 29.5 Å². The van der Waals surface area contributed by atoms with Gasteiger partial charge in [0.25, 0.3) is 5.91 Å². The Hall–Kier alpha value is -3.03. The monoisotopic (exact) mass is 400 g/mol. The molecule has 0 aliphatic carbocycles. The maximum Gasteiger partial charge on any atom is 0.275 e. The van der Waals surface area contributed by atoms with Gasteiger partial charge >= 0.3 is 0 Å². The highest BCUT2D eigenvalue weighted by Crippen LogP contribution is 2.32. The van der Waals surface area contributed by atoms with Crippen LogP contribution in [0.2, 0.25) is 5.02 Å². The van der Waals surface area contributed by atoms with Gasteiger partial charge in [-0.25, -0.2) is 9.37 Å². The SMILES string of the molecule is O=C(Nc1cccc2c(=O)cc(-c3cccc(F)c3Cl)oc12)c1cscn1. The first-order valence-corrected chi connectivity index (χ1v) is 9.07. The van der Waals surface area contributed by atoms with Gasteiger partial charge in [-0.05, 0) is 24.3 Å². The van der Waals surface area contributed by atoms with Gasteiger partial charge in [0.1, 0.15) is 17.3 Å². The summed E-state index contributed by atoms with van der Waals surface area (Å²) in [4.78, 5) is 28.8. The molecule has 1 N–H and O–H groups in total. The second-order valence-electron chi connectivity index (χ2n) is 5.59. The van der Waals surface area contributed by atoms with E-state index in [2.05, 4.69) is 10.3 Å². The van der Waals surface area contributed by atoms with Crippen molar-refractivity contribution in [3.05, 3.63) is 80.1 Å². The van der Waals surface area contributed by atoms with Gasteiger partial charge in [0.05, 0.1) is 21.6 Å². The summed E-state index contributed by atoms with van der Waals surface area (Å²) in [5.41, 5.74) is 2.18. The summed E-state index contributed by atoms with van der Waals surface area (Å²) < 4.78 is 19.6. The van der Waals surface area contributed by atoms with E-state index in [9.17, 15) is 14.0 Å². The van der Waals surface area contributed by atoms with Crippen molar-refractivity contribution in [3.8, 4) is 11.3 Å². The molecule has 0 unspecified atom stereocenters. The average Bonchev–Trinajstić information content (AvgIpc) is 3.19. The van der Waals surface area contributed by atoms with Crippen LogP contribution in [0.15, 0.2) is 62.6 Å². The minimum absolute atomic E-state index is 0.104. The summed E-state index contributed by atoms with van der Waals surface area (Å²) >= 11 is 7.30. The fraction of sp³-hybridized carbons (Fsp3) is 0. The molecule has 0 saturated carbocycles. The minimum atomic E-state index is -0.623. The number of hydrogen-bond acceptors (Lipinski definition) is 5. The summed E-state index contributed by atoms with van der Waals surface area (Å²) in [6.07, 6.45) is 0. The quantitative estimate of drug-likeness (QED) is 0.527. The van der Waals surface area contributed by atoms with Gasteiger partial charge < -0.3 is 9.73 Å². The topological polar surface area (TPSA) is 72.2 Å². The van der Waals surface area contributed by atoms with E-state index < -0.39 is 11.7 Å². The number of thiazole rings is 1. The Morgan fingerprint density at radius 2 is 2.04 bits per heavy atom. The molecule has 27 heavy (non-hydrogen) atoms. The van der Waals surface area contributed by atoms with Crippen LogP contribution in [0.5, 0.6) is 0 Å². The molecule has 0 radical (unpaired) electrons. The van der Waals surface area contributed by atoms with Crippen molar-refractivity contribution in [1.29, 1.82) is 0 Å². The van der Waals surface area contributed by atoms with Gasteiger partial charge in [0, 0.05) is 17.0 Å². The predicted molar refractivity (Wildman–Crippen MR) is 103 cm³/mol. The number of hydrogen-bond donors (Lipinski definition) is 1. The molecule has 0 atom stereocenters.